The minimum Gasteiger partial charge on any atom is -0.490 e. The number of halogens is 1. The van der Waals surface area contributed by atoms with Crippen LogP contribution in [0.3, 0.4) is 0 Å². The van der Waals surface area contributed by atoms with E-state index in [-0.39, 0.29) is 23.2 Å². The Morgan fingerprint density at radius 2 is 2.32 bits per heavy atom. The number of likely N-dealkylation sites (N-methyl/N-ethyl adjacent to an activating group) is 1. The summed E-state index contributed by atoms with van der Waals surface area (Å²) in [6.07, 6.45) is 0.912. The molecule has 0 aromatic heterocycles. The number of rotatable bonds is 4. The topological polar surface area (TPSA) is 67.6 Å². The molecule has 1 aromatic carbocycles. The fourth-order valence-electron chi connectivity index (χ4n) is 2.23. The highest BCUT2D eigenvalue weighted by molar-refractivity contribution is 5.59. The molecule has 1 heterocycles. The molecule has 0 aliphatic carbocycles. The van der Waals surface area contributed by atoms with Gasteiger partial charge in [-0.2, -0.15) is 0 Å². The van der Waals surface area contributed by atoms with Crippen molar-refractivity contribution in [3.63, 3.8) is 0 Å². The van der Waals surface area contributed by atoms with E-state index in [1.807, 2.05) is 7.05 Å². The molecular formula is C12H16FN3O3. The van der Waals surface area contributed by atoms with Crippen LogP contribution < -0.4 is 10.1 Å². The smallest absolute Gasteiger partial charge is 0.313 e. The summed E-state index contributed by atoms with van der Waals surface area (Å²) in [5, 5.41) is 13.8. The van der Waals surface area contributed by atoms with E-state index in [1.165, 1.54) is 13.2 Å². The number of likely N-dealkylation sites (tertiary alicyclic amines) is 1. The van der Waals surface area contributed by atoms with Gasteiger partial charge in [-0.15, -0.1) is 0 Å². The average molecular weight is 269 g/mol. The summed E-state index contributed by atoms with van der Waals surface area (Å²) in [4.78, 5) is 12.2. The zero-order valence-corrected chi connectivity index (χ0v) is 10.9. The van der Waals surface area contributed by atoms with Gasteiger partial charge in [0.25, 0.3) is 0 Å². The molecule has 104 valence electrons. The average Bonchev–Trinajstić information content (AvgIpc) is 2.76. The molecule has 1 aliphatic heterocycles. The molecule has 0 saturated carbocycles. The number of anilines is 1. The highest BCUT2D eigenvalue weighted by Crippen LogP contribution is 2.32. The van der Waals surface area contributed by atoms with E-state index in [9.17, 15) is 14.5 Å². The first-order valence-electron chi connectivity index (χ1n) is 5.98. The van der Waals surface area contributed by atoms with Crippen molar-refractivity contribution in [2.45, 2.75) is 12.5 Å². The molecule has 0 bridgehead atoms. The quantitative estimate of drug-likeness (QED) is 0.667. The van der Waals surface area contributed by atoms with Gasteiger partial charge in [0, 0.05) is 18.7 Å². The third-order valence-electron chi connectivity index (χ3n) is 3.22. The maximum Gasteiger partial charge on any atom is 0.313 e. The molecular weight excluding hydrogens is 253 g/mol. The Kier molecular flexibility index (Phi) is 3.84. The molecule has 1 aromatic rings. The van der Waals surface area contributed by atoms with Gasteiger partial charge in [0.2, 0.25) is 0 Å². The van der Waals surface area contributed by atoms with Gasteiger partial charge in [-0.3, -0.25) is 10.1 Å². The maximum absolute atomic E-state index is 13.8. The molecule has 1 saturated heterocycles. The Morgan fingerprint density at radius 1 is 1.58 bits per heavy atom. The molecule has 1 atom stereocenters. The minimum atomic E-state index is -0.658. The molecule has 0 radical (unpaired) electrons. The van der Waals surface area contributed by atoms with E-state index < -0.39 is 10.7 Å². The second-order valence-electron chi connectivity index (χ2n) is 4.65. The summed E-state index contributed by atoms with van der Waals surface area (Å²) in [5.74, 6) is -0.581. The fourth-order valence-corrected chi connectivity index (χ4v) is 2.23. The SMILES string of the molecule is COc1cc(NC2CCN(C)C2)c(F)cc1[N+](=O)[O-]. The first-order chi connectivity index (χ1) is 9.01. The standard InChI is InChI=1S/C12H16FN3O3/c1-15-4-3-8(7-15)14-10-6-12(19-2)11(16(17)18)5-9(10)13/h5-6,8,14H,3-4,7H2,1-2H3. The molecule has 2 rings (SSSR count). The van der Waals surface area contributed by atoms with Crippen molar-refractivity contribution >= 4 is 11.4 Å². The van der Waals surface area contributed by atoms with E-state index >= 15 is 0 Å². The van der Waals surface area contributed by atoms with Gasteiger partial charge in [0.15, 0.2) is 11.6 Å². The zero-order valence-electron chi connectivity index (χ0n) is 10.9. The van der Waals surface area contributed by atoms with E-state index in [1.54, 1.807) is 0 Å². The van der Waals surface area contributed by atoms with Crippen molar-refractivity contribution in [2.24, 2.45) is 0 Å². The van der Waals surface area contributed by atoms with E-state index in [0.29, 0.717) is 0 Å². The number of nitro groups is 1. The summed E-state index contributed by atoms with van der Waals surface area (Å²) >= 11 is 0. The summed E-state index contributed by atoms with van der Waals surface area (Å²) in [5.41, 5.74) is -0.128. The lowest BCUT2D eigenvalue weighted by Crippen LogP contribution is -2.24. The Labute approximate surface area is 110 Å². The second kappa shape index (κ2) is 5.40. The lowest BCUT2D eigenvalue weighted by Gasteiger charge is -2.15. The Morgan fingerprint density at radius 3 is 2.84 bits per heavy atom. The van der Waals surface area contributed by atoms with E-state index in [0.717, 1.165) is 25.6 Å². The van der Waals surface area contributed by atoms with Crippen LogP contribution in [0.15, 0.2) is 12.1 Å². The van der Waals surface area contributed by atoms with Crippen molar-refractivity contribution in [1.82, 2.24) is 4.90 Å². The van der Waals surface area contributed by atoms with Crippen molar-refractivity contribution in [1.29, 1.82) is 0 Å². The molecule has 0 amide bonds. The van der Waals surface area contributed by atoms with Crippen LogP contribution in [0.5, 0.6) is 5.75 Å². The fraction of sp³-hybridized carbons (Fsp3) is 0.500. The van der Waals surface area contributed by atoms with Crippen LogP contribution in [-0.4, -0.2) is 43.1 Å². The van der Waals surface area contributed by atoms with Gasteiger partial charge >= 0.3 is 5.69 Å². The first-order valence-corrected chi connectivity index (χ1v) is 5.98. The second-order valence-corrected chi connectivity index (χ2v) is 4.65. The highest BCUT2D eigenvalue weighted by atomic mass is 19.1. The van der Waals surface area contributed by atoms with Crippen LogP contribution in [0, 0.1) is 15.9 Å². The number of nitrogens with zero attached hydrogens (tertiary/aromatic N) is 2. The van der Waals surface area contributed by atoms with Crippen LogP contribution in [0.2, 0.25) is 0 Å². The van der Waals surface area contributed by atoms with Crippen molar-refractivity contribution < 1.29 is 14.1 Å². The van der Waals surface area contributed by atoms with Crippen LogP contribution in [0.1, 0.15) is 6.42 Å². The lowest BCUT2D eigenvalue weighted by atomic mass is 10.2. The number of hydrogen-bond acceptors (Lipinski definition) is 5. The predicted octanol–water partition coefficient (Wildman–Crippen LogP) is 1.86. The summed E-state index contributed by atoms with van der Waals surface area (Å²) in [6.45, 7) is 1.77. The third-order valence-corrected chi connectivity index (χ3v) is 3.22. The Hall–Kier alpha value is -1.89. The van der Waals surface area contributed by atoms with Crippen LogP contribution in [0.25, 0.3) is 0 Å². The largest absolute Gasteiger partial charge is 0.490 e. The number of methoxy groups -OCH3 is 1. The molecule has 1 aliphatic rings. The van der Waals surface area contributed by atoms with Crippen LogP contribution >= 0.6 is 0 Å². The van der Waals surface area contributed by atoms with Crippen LogP contribution in [-0.2, 0) is 0 Å². The molecule has 7 heteroatoms. The highest BCUT2D eigenvalue weighted by Gasteiger charge is 2.23. The van der Waals surface area contributed by atoms with Gasteiger partial charge in [-0.25, -0.2) is 4.39 Å². The van der Waals surface area contributed by atoms with E-state index in [2.05, 4.69) is 10.2 Å². The molecule has 1 N–H and O–H groups in total. The molecule has 6 nitrogen and oxygen atoms in total. The van der Waals surface area contributed by atoms with Gasteiger partial charge in [0.1, 0.15) is 0 Å². The number of benzene rings is 1. The minimum absolute atomic E-state index is 0.0558. The number of ether oxygens (including phenoxy) is 1. The summed E-state index contributed by atoms with van der Waals surface area (Å²) in [6, 6.07) is 2.37. The van der Waals surface area contributed by atoms with Crippen LogP contribution in [0.4, 0.5) is 15.8 Å². The Balaban J connectivity index is 2.23. The monoisotopic (exact) mass is 269 g/mol. The van der Waals surface area contributed by atoms with Gasteiger partial charge in [-0.1, -0.05) is 0 Å². The summed E-state index contributed by atoms with van der Waals surface area (Å²) < 4.78 is 18.8. The lowest BCUT2D eigenvalue weighted by molar-refractivity contribution is -0.385. The molecule has 0 spiro atoms. The zero-order chi connectivity index (χ0) is 14.0. The third kappa shape index (κ3) is 2.93. The first kappa shape index (κ1) is 13.5. The molecule has 19 heavy (non-hydrogen) atoms. The number of hydrogen-bond donors (Lipinski definition) is 1. The van der Waals surface area contributed by atoms with Crippen molar-refractivity contribution in [3.05, 3.63) is 28.1 Å². The Bertz CT molecular complexity index is 495. The van der Waals surface area contributed by atoms with Gasteiger partial charge < -0.3 is 15.0 Å². The van der Waals surface area contributed by atoms with Crippen molar-refractivity contribution in [2.75, 3.05) is 32.6 Å². The van der Waals surface area contributed by atoms with Crippen molar-refractivity contribution in [3.8, 4) is 5.75 Å². The maximum atomic E-state index is 13.8. The van der Waals surface area contributed by atoms with Gasteiger partial charge in [0.05, 0.1) is 23.8 Å². The summed E-state index contributed by atoms with van der Waals surface area (Å²) in [7, 11) is 3.32. The number of nitrogens with one attached hydrogen (secondary N) is 1. The van der Waals surface area contributed by atoms with Gasteiger partial charge in [-0.05, 0) is 20.0 Å². The predicted molar refractivity (Wildman–Crippen MR) is 69.1 cm³/mol. The normalized spacial score (nSPS) is 19.4. The molecule has 1 fully saturated rings. The number of nitro benzene ring substituents is 1. The van der Waals surface area contributed by atoms with E-state index in [4.69, 9.17) is 4.74 Å². The molecule has 1 unspecified atom stereocenters.